The summed E-state index contributed by atoms with van der Waals surface area (Å²) in [5.41, 5.74) is 5.06. The largest absolute Gasteiger partial charge is 0.416 e. The molecule has 0 aliphatic rings. The second-order valence-electron chi connectivity index (χ2n) is 6.57. The van der Waals surface area contributed by atoms with Gasteiger partial charge in [-0.3, -0.25) is 4.79 Å². The summed E-state index contributed by atoms with van der Waals surface area (Å²) in [6.07, 6.45) is -4.40. The van der Waals surface area contributed by atoms with E-state index < -0.39 is 23.2 Å². The highest BCUT2D eigenvalue weighted by atomic mass is 19.4. The summed E-state index contributed by atoms with van der Waals surface area (Å²) in [4.78, 5) is 12.7. The number of rotatable bonds is 5. The number of nitrogens with two attached hydrogens (primary N) is 1. The number of nitrogens with one attached hydrogen (secondary N) is 1. The van der Waals surface area contributed by atoms with Crippen LogP contribution in [-0.4, -0.2) is 26.1 Å². The Kier molecular flexibility index (Phi) is 4.80. The van der Waals surface area contributed by atoms with Crippen molar-refractivity contribution in [2.75, 3.05) is 5.32 Å². The van der Waals surface area contributed by atoms with Crippen molar-refractivity contribution in [1.82, 2.24) is 20.2 Å². The summed E-state index contributed by atoms with van der Waals surface area (Å²) in [5, 5.41) is 15.1. The van der Waals surface area contributed by atoms with Gasteiger partial charge in [-0.2, -0.15) is 13.2 Å². The lowest BCUT2D eigenvalue weighted by Gasteiger charge is -2.17. The number of benzene rings is 2. The van der Waals surface area contributed by atoms with Crippen molar-refractivity contribution in [2.45, 2.75) is 25.6 Å². The molecule has 0 aliphatic heterocycles. The number of nitrogens with zero attached hydrogens (tertiary/aromatic N) is 4. The van der Waals surface area contributed by atoms with E-state index in [1.807, 2.05) is 0 Å². The number of alkyl halides is 3. The fourth-order valence-corrected chi connectivity index (χ4v) is 2.34. The van der Waals surface area contributed by atoms with E-state index in [2.05, 4.69) is 20.7 Å². The molecule has 0 bridgehead atoms. The second kappa shape index (κ2) is 6.95. The predicted molar refractivity (Wildman–Crippen MR) is 96.5 cm³/mol. The van der Waals surface area contributed by atoms with E-state index in [-0.39, 0.29) is 5.82 Å². The van der Waals surface area contributed by atoms with Gasteiger partial charge in [0.2, 0.25) is 11.7 Å². The van der Waals surface area contributed by atoms with E-state index in [4.69, 9.17) is 5.73 Å². The number of hydrogen-bond donors (Lipinski definition) is 2. The zero-order valence-electron chi connectivity index (χ0n) is 15.0. The summed E-state index contributed by atoms with van der Waals surface area (Å²) in [6, 6.07) is 11.6. The highest BCUT2D eigenvalue weighted by molar-refractivity contribution is 5.81. The van der Waals surface area contributed by atoms with Crippen LogP contribution < -0.4 is 11.1 Å². The zero-order valence-corrected chi connectivity index (χ0v) is 15.0. The Bertz CT molecular complexity index is 995. The fraction of sp³-hybridized carbons (Fsp3) is 0.222. The lowest BCUT2D eigenvalue weighted by atomic mass is 10.1. The summed E-state index contributed by atoms with van der Waals surface area (Å²) in [6.45, 7) is 3.13. The Balaban J connectivity index is 1.90. The number of para-hydroxylation sites is 1. The molecule has 7 nitrogen and oxygen atoms in total. The number of halogens is 3. The van der Waals surface area contributed by atoms with Crippen molar-refractivity contribution in [3.8, 4) is 11.4 Å². The molecule has 146 valence electrons. The number of aromatic nitrogens is 4. The maximum Gasteiger partial charge on any atom is 0.416 e. The minimum absolute atomic E-state index is 0.240. The molecule has 1 amide bonds. The number of anilines is 2. The van der Waals surface area contributed by atoms with E-state index in [9.17, 15) is 18.0 Å². The zero-order chi connectivity index (χ0) is 20.5. The summed E-state index contributed by atoms with van der Waals surface area (Å²) >= 11 is 0. The third-order valence-corrected chi connectivity index (χ3v) is 4.18. The standard InChI is InChI=1S/C18H17F3N6O/c1-17(2,16(22)28)27-25-15(24-26-27)13-5-3-4-6-14(13)23-12-9-7-11(8-10-12)18(19,20)21/h3-10,23H,1-2H3,(H2,22,28). The summed E-state index contributed by atoms with van der Waals surface area (Å²) < 4.78 is 38.1. The van der Waals surface area contributed by atoms with Crippen LogP contribution in [0.4, 0.5) is 24.5 Å². The highest BCUT2D eigenvalue weighted by Crippen LogP contribution is 2.32. The van der Waals surface area contributed by atoms with Crippen molar-refractivity contribution in [3.63, 3.8) is 0 Å². The third kappa shape index (κ3) is 3.80. The number of carbonyl (C=O) groups is 1. The van der Waals surface area contributed by atoms with E-state index in [1.54, 1.807) is 38.1 Å². The number of carbonyl (C=O) groups excluding carboxylic acids is 1. The normalized spacial score (nSPS) is 12.0. The Morgan fingerprint density at radius 2 is 1.71 bits per heavy atom. The molecule has 1 heterocycles. The van der Waals surface area contributed by atoms with Crippen LogP contribution in [0.5, 0.6) is 0 Å². The van der Waals surface area contributed by atoms with E-state index in [0.29, 0.717) is 16.9 Å². The topological polar surface area (TPSA) is 98.7 Å². The molecule has 3 aromatic rings. The van der Waals surface area contributed by atoms with Gasteiger partial charge >= 0.3 is 6.18 Å². The highest BCUT2D eigenvalue weighted by Gasteiger charge is 2.31. The van der Waals surface area contributed by atoms with Gasteiger partial charge in [0.1, 0.15) is 0 Å². The monoisotopic (exact) mass is 390 g/mol. The van der Waals surface area contributed by atoms with Crippen LogP contribution in [0.3, 0.4) is 0 Å². The SMILES string of the molecule is CC(C)(C(N)=O)n1nnc(-c2ccccc2Nc2ccc(C(F)(F)F)cc2)n1. The molecule has 1 aromatic heterocycles. The molecule has 3 N–H and O–H groups in total. The smallest absolute Gasteiger partial charge is 0.368 e. The molecule has 0 fully saturated rings. The molecule has 0 saturated heterocycles. The molecule has 0 radical (unpaired) electrons. The van der Waals surface area contributed by atoms with Crippen LogP contribution >= 0.6 is 0 Å². The first-order valence-corrected chi connectivity index (χ1v) is 8.23. The van der Waals surface area contributed by atoms with Gasteiger partial charge in [0.15, 0.2) is 5.54 Å². The first kappa shape index (κ1) is 19.3. The van der Waals surface area contributed by atoms with Crippen molar-refractivity contribution in [1.29, 1.82) is 0 Å². The predicted octanol–water partition coefficient (Wildman–Crippen LogP) is 3.32. The van der Waals surface area contributed by atoms with Crippen molar-refractivity contribution < 1.29 is 18.0 Å². The first-order chi connectivity index (χ1) is 13.1. The number of hydrogen-bond acceptors (Lipinski definition) is 5. The van der Waals surface area contributed by atoms with Gasteiger partial charge in [-0.1, -0.05) is 12.1 Å². The summed E-state index contributed by atoms with van der Waals surface area (Å²) in [5.74, 6) is -0.378. The Hall–Kier alpha value is -3.43. The molecule has 0 spiro atoms. The van der Waals surface area contributed by atoms with Crippen LogP contribution in [0.2, 0.25) is 0 Å². The molecule has 28 heavy (non-hydrogen) atoms. The molecule has 3 rings (SSSR count). The minimum atomic E-state index is -4.40. The van der Waals surface area contributed by atoms with Gasteiger partial charge in [-0.15, -0.1) is 15.0 Å². The minimum Gasteiger partial charge on any atom is -0.368 e. The Morgan fingerprint density at radius 3 is 2.32 bits per heavy atom. The number of primary amides is 1. The average molecular weight is 390 g/mol. The van der Waals surface area contributed by atoms with Crippen LogP contribution in [0, 0.1) is 0 Å². The van der Waals surface area contributed by atoms with Crippen molar-refractivity contribution in [2.24, 2.45) is 5.73 Å². The quantitative estimate of drug-likeness (QED) is 0.696. The van der Waals surface area contributed by atoms with Gasteiger partial charge < -0.3 is 11.1 Å². The lowest BCUT2D eigenvalue weighted by Crippen LogP contribution is -2.42. The van der Waals surface area contributed by atoms with Crippen LogP contribution in [0.25, 0.3) is 11.4 Å². The maximum atomic E-state index is 12.7. The van der Waals surface area contributed by atoms with Crippen LogP contribution in [0.15, 0.2) is 48.5 Å². The lowest BCUT2D eigenvalue weighted by molar-refractivity contribution is -0.137. The van der Waals surface area contributed by atoms with E-state index in [0.717, 1.165) is 16.9 Å². The Labute approximate surface area is 158 Å². The second-order valence-corrected chi connectivity index (χ2v) is 6.57. The van der Waals surface area contributed by atoms with Crippen LogP contribution in [0.1, 0.15) is 19.4 Å². The van der Waals surface area contributed by atoms with Gasteiger partial charge in [-0.25, -0.2) is 0 Å². The van der Waals surface area contributed by atoms with Gasteiger partial charge in [0, 0.05) is 16.9 Å². The molecular weight excluding hydrogens is 373 g/mol. The van der Waals surface area contributed by atoms with E-state index >= 15 is 0 Å². The number of amides is 1. The van der Waals surface area contributed by atoms with Gasteiger partial charge in [-0.05, 0) is 55.5 Å². The molecule has 0 aliphatic carbocycles. The molecule has 2 aromatic carbocycles. The van der Waals surface area contributed by atoms with E-state index in [1.165, 1.54) is 12.1 Å². The maximum absolute atomic E-state index is 12.7. The van der Waals surface area contributed by atoms with Crippen LogP contribution in [-0.2, 0) is 16.5 Å². The van der Waals surface area contributed by atoms with Crippen molar-refractivity contribution in [3.05, 3.63) is 54.1 Å². The molecule has 10 heteroatoms. The molecular formula is C18H17F3N6O. The number of tetrazole rings is 1. The van der Waals surface area contributed by atoms with Gasteiger partial charge in [0.25, 0.3) is 0 Å². The molecule has 0 saturated carbocycles. The molecule has 0 unspecified atom stereocenters. The Morgan fingerprint density at radius 1 is 1.07 bits per heavy atom. The average Bonchev–Trinajstić information content (AvgIpc) is 3.12. The fourth-order valence-electron chi connectivity index (χ4n) is 2.34. The molecule has 0 atom stereocenters. The van der Waals surface area contributed by atoms with Crippen molar-refractivity contribution >= 4 is 17.3 Å². The van der Waals surface area contributed by atoms with Gasteiger partial charge in [0.05, 0.1) is 5.56 Å². The first-order valence-electron chi connectivity index (χ1n) is 8.23. The summed E-state index contributed by atoms with van der Waals surface area (Å²) in [7, 11) is 0. The third-order valence-electron chi connectivity index (χ3n) is 4.18.